The molecule has 1 rings (SSSR count). The van der Waals surface area contributed by atoms with E-state index in [2.05, 4.69) is 32.7 Å². The van der Waals surface area contributed by atoms with Gasteiger partial charge in [0.2, 0.25) is 5.88 Å². The van der Waals surface area contributed by atoms with Crippen LogP contribution in [-0.2, 0) is 12.0 Å². The number of hydrogen-bond acceptors (Lipinski definition) is 3. The summed E-state index contributed by atoms with van der Waals surface area (Å²) in [5, 5.41) is 0. The van der Waals surface area contributed by atoms with Crippen LogP contribution < -0.4 is 10.5 Å². The van der Waals surface area contributed by atoms with Gasteiger partial charge in [-0.2, -0.15) is 0 Å². The monoisotopic (exact) mass is 264 g/mol. The summed E-state index contributed by atoms with van der Waals surface area (Å²) in [7, 11) is 0. The van der Waals surface area contributed by atoms with E-state index < -0.39 is 0 Å². The minimum Gasteiger partial charge on any atom is -0.477 e. The van der Waals surface area contributed by atoms with Crippen molar-refractivity contribution >= 4 is 0 Å². The molecule has 0 atom stereocenters. The van der Waals surface area contributed by atoms with Gasteiger partial charge in [-0.25, -0.2) is 4.98 Å². The molecule has 0 aliphatic carbocycles. The lowest BCUT2D eigenvalue weighted by Crippen LogP contribution is -2.15. The Kier molecular flexibility index (Phi) is 6.29. The van der Waals surface area contributed by atoms with Crippen molar-refractivity contribution in [1.29, 1.82) is 0 Å². The topological polar surface area (TPSA) is 48.1 Å². The highest BCUT2D eigenvalue weighted by molar-refractivity contribution is 5.30. The van der Waals surface area contributed by atoms with Crippen molar-refractivity contribution in [1.82, 2.24) is 4.98 Å². The molecule has 0 amide bonds. The van der Waals surface area contributed by atoms with Crippen LogP contribution in [0.25, 0.3) is 0 Å². The Morgan fingerprint density at radius 2 is 1.89 bits per heavy atom. The van der Waals surface area contributed by atoms with Crippen LogP contribution >= 0.6 is 0 Å². The van der Waals surface area contributed by atoms with E-state index in [9.17, 15) is 0 Å². The number of rotatable bonds is 7. The van der Waals surface area contributed by atoms with E-state index in [0.717, 1.165) is 24.3 Å². The van der Waals surface area contributed by atoms with Gasteiger partial charge >= 0.3 is 0 Å². The fourth-order valence-electron chi connectivity index (χ4n) is 1.86. The average Bonchev–Trinajstić information content (AvgIpc) is 2.37. The standard InChI is InChI=1S/C16H28N2O/c1-5-6-7-8-11-19-15-13(12-17)9-10-14(18-15)16(2,3)4/h9-10H,5-8,11-12,17H2,1-4H3. The van der Waals surface area contributed by atoms with Gasteiger partial charge in [0.1, 0.15) is 0 Å². The number of pyridine rings is 1. The van der Waals surface area contributed by atoms with Gasteiger partial charge < -0.3 is 10.5 Å². The predicted octanol–water partition coefficient (Wildman–Crippen LogP) is 3.80. The number of ether oxygens (including phenoxy) is 1. The molecule has 0 saturated carbocycles. The molecule has 2 N–H and O–H groups in total. The highest BCUT2D eigenvalue weighted by atomic mass is 16.5. The van der Waals surface area contributed by atoms with Crippen LogP contribution in [0.5, 0.6) is 5.88 Å². The summed E-state index contributed by atoms with van der Waals surface area (Å²) in [5.74, 6) is 0.714. The molecule has 0 saturated heterocycles. The SMILES string of the molecule is CCCCCCOc1nc(C(C)(C)C)ccc1CN. The fourth-order valence-corrected chi connectivity index (χ4v) is 1.86. The van der Waals surface area contributed by atoms with E-state index in [4.69, 9.17) is 10.5 Å². The summed E-state index contributed by atoms with van der Waals surface area (Å²) in [5.41, 5.74) is 7.82. The average molecular weight is 264 g/mol. The summed E-state index contributed by atoms with van der Waals surface area (Å²) >= 11 is 0. The van der Waals surface area contributed by atoms with Crippen molar-refractivity contribution in [3.8, 4) is 5.88 Å². The van der Waals surface area contributed by atoms with Gasteiger partial charge in [0, 0.05) is 23.2 Å². The minimum atomic E-state index is 0.0352. The zero-order valence-electron chi connectivity index (χ0n) is 12.8. The first-order valence-electron chi connectivity index (χ1n) is 7.32. The molecule has 0 spiro atoms. The maximum Gasteiger partial charge on any atom is 0.218 e. The Labute approximate surface area is 117 Å². The predicted molar refractivity (Wildman–Crippen MR) is 80.5 cm³/mol. The normalized spacial score (nSPS) is 11.6. The Bertz CT molecular complexity index is 383. The second-order valence-electron chi connectivity index (χ2n) is 6.02. The molecule has 0 bridgehead atoms. The fraction of sp³-hybridized carbons (Fsp3) is 0.688. The zero-order valence-corrected chi connectivity index (χ0v) is 12.8. The first kappa shape index (κ1) is 16.0. The highest BCUT2D eigenvalue weighted by Crippen LogP contribution is 2.24. The molecule has 0 aliphatic heterocycles. The quantitative estimate of drug-likeness (QED) is 0.762. The van der Waals surface area contributed by atoms with Crippen LogP contribution in [-0.4, -0.2) is 11.6 Å². The second-order valence-corrected chi connectivity index (χ2v) is 6.02. The van der Waals surface area contributed by atoms with E-state index in [0.29, 0.717) is 12.4 Å². The van der Waals surface area contributed by atoms with Crippen molar-refractivity contribution in [2.75, 3.05) is 6.61 Å². The van der Waals surface area contributed by atoms with Crippen LogP contribution in [0.3, 0.4) is 0 Å². The minimum absolute atomic E-state index is 0.0352. The van der Waals surface area contributed by atoms with Crippen molar-refractivity contribution in [3.05, 3.63) is 23.4 Å². The molecule has 3 heteroatoms. The second kappa shape index (κ2) is 7.49. The van der Waals surface area contributed by atoms with Gasteiger partial charge in [-0.15, -0.1) is 0 Å². The summed E-state index contributed by atoms with van der Waals surface area (Å²) in [6.07, 6.45) is 4.81. The third-order valence-corrected chi connectivity index (χ3v) is 3.16. The van der Waals surface area contributed by atoms with Crippen molar-refractivity contribution in [2.24, 2.45) is 5.73 Å². The van der Waals surface area contributed by atoms with Crippen LogP contribution in [0.15, 0.2) is 12.1 Å². The van der Waals surface area contributed by atoms with Gasteiger partial charge in [0.25, 0.3) is 0 Å². The number of nitrogens with two attached hydrogens (primary N) is 1. The third kappa shape index (κ3) is 5.19. The van der Waals surface area contributed by atoms with Crippen LogP contribution in [0.4, 0.5) is 0 Å². The molecule has 0 aliphatic rings. The van der Waals surface area contributed by atoms with E-state index in [-0.39, 0.29) is 5.41 Å². The van der Waals surface area contributed by atoms with E-state index in [1.165, 1.54) is 19.3 Å². The maximum absolute atomic E-state index is 5.82. The Balaban J connectivity index is 2.68. The number of nitrogens with zero attached hydrogens (tertiary/aromatic N) is 1. The summed E-state index contributed by atoms with van der Waals surface area (Å²) in [6.45, 7) is 9.88. The third-order valence-electron chi connectivity index (χ3n) is 3.16. The molecule has 108 valence electrons. The van der Waals surface area contributed by atoms with Gasteiger partial charge in [0.15, 0.2) is 0 Å². The van der Waals surface area contributed by atoms with Crippen LogP contribution in [0.1, 0.15) is 64.6 Å². The van der Waals surface area contributed by atoms with Crippen molar-refractivity contribution < 1.29 is 4.74 Å². The molecule has 1 aromatic heterocycles. The number of aromatic nitrogens is 1. The molecule has 19 heavy (non-hydrogen) atoms. The smallest absolute Gasteiger partial charge is 0.218 e. The van der Waals surface area contributed by atoms with Gasteiger partial charge in [-0.05, 0) is 12.5 Å². The summed E-state index contributed by atoms with van der Waals surface area (Å²) in [6, 6.07) is 4.08. The van der Waals surface area contributed by atoms with Gasteiger partial charge in [-0.3, -0.25) is 0 Å². The largest absolute Gasteiger partial charge is 0.477 e. The first-order chi connectivity index (χ1) is 8.99. The lowest BCUT2D eigenvalue weighted by molar-refractivity contribution is 0.288. The molecule has 0 radical (unpaired) electrons. The molecule has 0 unspecified atom stereocenters. The van der Waals surface area contributed by atoms with Crippen molar-refractivity contribution in [2.45, 2.75) is 65.3 Å². The summed E-state index contributed by atoms with van der Waals surface area (Å²) < 4.78 is 5.82. The zero-order chi connectivity index (χ0) is 14.3. The molecular formula is C16H28N2O. The van der Waals surface area contributed by atoms with Gasteiger partial charge in [0.05, 0.1) is 6.61 Å². The number of hydrogen-bond donors (Lipinski definition) is 1. The van der Waals surface area contributed by atoms with Crippen LogP contribution in [0.2, 0.25) is 0 Å². The maximum atomic E-state index is 5.82. The Morgan fingerprint density at radius 1 is 1.16 bits per heavy atom. The lowest BCUT2D eigenvalue weighted by Gasteiger charge is -2.19. The Hall–Kier alpha value is -1.09. The molecule has 0 aromatic carbocycles. The molecule has 1 heterocycles. The van der Waals surface area contributed by atoms with Gasteiger partial charge in [-0.1, -0.05) is 53.0 Å². The molecule has 3 nitrogen and oxygen atoms in total. The highest BCUT2D eigenvalue weighted by Gasteiger charge is 2.17. The van der Waals surface area contributed by atoms with E-state index in [1.807, 2.05) is 12.1 Å². The first-order valence-corrected chi connectivity index (χ1v) is 7.32. The number of unbranched alkanes of at least 4 members (excludes halogenated alkanes) is 3. The molecular weight excluding hydrogens is 236 g/mol. The molecule has 1 aromatic rings. The Morgan fingerprint density at radius 3 is 2.47 bits per heavy atom. The summed E-state index contributed by atoms with van der Waals surface area (Å²) in [4.78, 5) is 4.63. The van der Waals surface area contributed by atoms with E-state index >= 15 is 0 Å². The van der Waals surface area contributed by atoms with Crippen LogP contribution in [0, 0.1) is 0 Å². The molecule has 0 fully saturated rings. The van der Waals surface area contributed by atoms with E-state index in [1.54, 1.807) is 0 Å². The van der Waals surface area contributed by atoms with Crippen molar-refractivity contribution in [3.63, 3.8) is 0 Å². The lowest BCUT2D eigenvalue weighted by atomic mass is 9.91.